The van der Waals surface area contributed by atoms with Crippen LogP contribution < -0.4 is 5.32 Å². The fourth-order valence-corrected chi connectivity index (χ4v) is 1.83. The summed E-state index contributed by atoms with van der Waals surface area (Å²) >= 11 is 0. The van der Waals surface area contributed by atoms with E-state index in [-0.39, 0.29) is 0 Å². The van der Waals surface area contributed by atoms with E-state index in [9.17, 15) is 0 Å². The molecule has 2 heterocycles. The second kappa shape index (κ2) is 4.94. The predicted octanol–water partition coefficient (Wildman–Crippen LogP) is 1.88. The first-order chi connectivity index (χ1) is 8.81. The normalized spacial score (nSPS) is 15.2. The molecule has 0 amide bonds. The molecule has 1 aliphatic carbocycles. The molecule has 0 aromatic carbocycles. The highest BCUT2D eigenvalue weighted by Crippen LogP contribution is 2.28. The monoisotopic (exact) mass is 246 g/mol. The molecular weight excluding hydrogens is 228 g/mol. The van der Waals surface area contributed by atoms with Gasteiger partial charge in [0.1, 0.15) is 0 Å². The number of rotatable bonds is 6. The first-order valence-electron chi connectivity index (χ1n) is 6.46. The van der Waals surface area contributed by atoms with E-state index in [0.717, 1.165) is 24.7 Å². The zero-order valence-corrected chi connectivity index (χ0v) is 10.6. The van der Waals surface area contributed by atoms with Gasteiger partial charge in [0, 0.05) is 19.3 Å². The van der Waals surface area contributed by atoms with E-state index in [0.29, 0.717) is 12.6 Å². The molecule has 3 rings (SSSR count). The van der Waals surface area contributed by atoms with Crippen molar-refractivity contribution in [2.75, 3.05) is 25.1 Å². The number of hydrogen-bond donors (Lipinski definition) is 1. The first kappa shape index (κ1) is 11.5. The third kappa shape index (κ3) is 2.79. The summed E-state index contributed by atoms with van der Waals surface area (Å²) < 4.78 is 7.33. The van der Waals surface area contributed by atoms with Crippen LogP contribution in [0.15, 0.2) is 18.3 Å². The Kier molecular flexibility index (Phi) is 3.15. The predicted molar refractivity (Wildman–Crippen MR) is 69.8 cm³/mol. The van der Waals surface area contributed by atoms with Gasteiger partial charge >= 0.3 is 0 Å². The Morgan fingerprint density at radius 2 is 2.39 bits per heavy atom. The van der Waals surface area contributed by atoms with Crippen molar-refractivity contribution in [3.63, 3.8) is 0 Å². The molecule has 0 unspecified atom stereocenters. The number of fused-ring (bicyclic) bond motifs is 1. The summed E-state index contributed by atoms with van der Waals surface area (Å²) in [5.41, 5.74) is 2.06. The van der Waals surface area contributed by atoms with Gasteiger partial charge in [-0.1, -0.05) is 0 Å². The molecule has 5 nitrogen and oxygen atoms in total. The molecule has 96 valence electrons. The van der Waals surface area contributed by atoms with Crippen molar-refractivity contribution >= 4 is 11.6 Å². The van der Waals surface area contributed by atoms with Crippen LogP contribution in [0.25, 0.3) is 5.65 Å². The van der Waals surface area contributed by atoms with Crippen molar-refractivity contribution in [3.05, 3.63) is 23.9 Å². The number of nitrogens with one attached hydrogen (secondary N) is 1. The van der Waals surface area contributed by atoms with Crippen molar-refractivity contribution in [1.29, 1.82) is 0 Å². The lowest BCUT2D eigenvalue weighted by Crippen LogP contribution is -2.11. The SMILES string of the molecule is Cc1ccn2nc(NCCOCC3CC3)nc2c1. The Bertz CT molecular complexity index is 533. The number of anilines is 1. The standard InChI is InChI=1S/C13H18N4O/c1-10-4-6-17-12(8-10)15-13(16-17)14-5-7-18-9-11-2-3-11/h4,6,8,11H,2-3,5,7,9H2,1H3,(H,14,16). The van der Waals surface area contributed by atoms with Crippen molar-refractivity contribution in [2.45, 2.75) is 19.8 Å². The summed E-state index contributed by atoms with van der Waals surface area (Å²) in [6.45, 7) is 4.42. The van der Waals surface area contributed by atoms with Gasteiger partial charge in [0.15, 0.2) is 5.65 Å². The van der Waals surface area contributed by atoms with Crippen LogP contribution in [-0.2, 0) is 4.74 Å². The number of aromatic nitrogens is 3. The van der Waals surface area contributed by atoms with E-state index in [1.807, 2.05) is 25.3 Å². The molecule has 0 atom stereocenters. The van der Waals surface area contributed by atoms with Gasteiger partial charge in [0.25, 0.3) is 0 Å². The Hall–Kier alpha value is -1.62. The molecule has 0 bridgehead atoms. The van der Waals surface area contributed by atoms with Gasteiger partial charge in [0.2, 0.25) is 5.95 Å². The number of aryl methyl sites for hydroxylation is 1. The number of pyridine rings is 1. The van der Waals surface area contributed by atoms with E-state index in [1.165, 1.54) is 18.4 Å². The van der Waals surface area contributed by atoms with Crippen molar-refractivity contribution in [1.82, 2.24) is 14.6 Å². The Morgan fingerprint density at radius 1 is 1.50 bits per heavy atom. The number of nitrogens with zero attached hydrogens (tertiary/aromatic N) is 3. The van der Waals surface area contributed by atoms with Gasteiger partial charge in [-0.2, -0.15) is 4.98 Å². The lowest BCUT2D eigenvalue weighted by Gasteiger charge is -2.02. The molecule has 1 N–H and O–H groups in total. The van der Waals surface area contributed by atoms with Gasteiger partial charge in [-0.05, 0) is 43.4 Å². The molecule has 1 saturated carbocycles. The van der Waals surface area contributed by atoms with Crippen LogP contribution in [-0.4, -0.2) is 34.4 Å². The van der Waals surface area contributed by atoms with E-state index in [4.69, 9.17) is 4.74 Å². The maximum atomic E-state index is 5.55. The molecule has 0 saturated heterocycles. The molecule has 0 spiro atoms. The summed E-state index contributed by atoms with van der Waals surface area (Å²) in [5, 5.41) is 7.52. The molecule has 2 aromatic rings. The highest BCUT2D eigenvalue weighted by atomic mass is 16.5. The zero-order valence-electron chi connectivity index (χ0n) is 10.6. The minimum atomic E-state index is 0.663. The third-order valence-electron chi connectivity index (χ3n) is 3.07. The third-order valence-corrected chi connectivity index (χ3v) is 3.07. The van der Waals surface area contributed by atoms with Crippen molar-refractivity contribution in [3.8, 4) is 0 Å². The first-order valence-corrected chi connectivity index (χ1v) is 6.46. The Labute approximate surface area is 106 Å². The number of ether oxygens (including phenoxy) is 1. The largest absolute Gasteiger partial charge is 0.379 e. The zero-order chi connectivity index (χ0) is 12.4. The van der Waals surface area contributed by atoms with Gasteiger partial charge in [-0.15, -0.1) is 5.10 Å². The Balaban J connectivity index is 1.50. The van der Waals surface area contributed by atoms with E-state index in [2.05, 4.69) is 15.4 Å². The minimum absolute atomic E-state index is 0.663. The van der Waals surface area contributed by atoms with Crippen LogP contribution in [0.2, 0.25) is 0 Å². The summed E-state index contributed by atoms with van der Waals surface area (Å²) in [6, 6.07) is 4.03. The van der Waals surface area contributed by atoms with Crippen LogP contribution in [0.1, 0.15) is 18.4 Å². The van der Waals surface area contributed by atoms with Crippen LogP contribution >= 0.6 is 0 Å². The topological polar surface area (TPSA) is 51.5 Å². The summed E-state index contributed by atoms with van der Waals surface area (Å²) in [4.78, 5) is 4.40. The highest BCUT2D eigenvalue weighted by molar-refractivity contribution is 5.45. The highest BCUT2D eigenvalue weighted by Gasteiger charge is 2.20. The molecular formula is C13H18N4O. The van der Waals surface area contributed by atoms with Crippen LogP contribution in [0.5, 0.6) is 0 Å². The lowest BCUT2D eigenvalue weighted by molar-refractivity contribution is 0.133. The van der Waals surface area contributed by atoms with Gasteiger partial charge < -0.3 is 10.1 Å². The molecule has 2 aromatic heterocycles. The average Bonchev–Trinajstić information content (AvgIpc) is 3.08. The summed E-state index contributed by atoms with van der Waals surface area (Å²) in [5.74, 6) is 1.48. The fourth-order valence-electron chi connectivity index (χ4n) is 1.83. The fraction of sp³-hybridized carbons (Fsp3) is 0.538. The second-order valence-electron chi connectivity index (χ2n) is 4.89. The minimum Gasteiger partial charge on any atom is -0.379 e. The van der Waals surface area contributed by atoms with E-state index < -0.39 is 0 Å². The lowest BCUT2D eigenvalue weighted by atomic mass is 10.3. The molecule has 0 aliphatic heterocycles. The smallest absolute Gasteiger partial charge is 0.243 e. The summed E-state index contributed by atoms with van der Waals surface area (Å²) in [7, 11) is 0. The van der Waals surface area contributed by atoms with Gasteiger partial charge in [0.05, 0.1) is 6.61 Å². The molecule has 18 heavy (non-hydrogen) atoms. The van der Waals surface area contributed by atoms with Gasteiger partial charge in [-0.25, -0.2) is 4.52 Å². The second-order valence-corrected chi connectivity index (χ2v) is 4.89. The molecule has 1 fully saturated rings. The van der Waals surface area contributed by atoms with Crippen LogP contribution in [0.3, 0.4) is 0 Å². The quantitative estimate of drug-likeness (QED) is 0.791. The van der Waals surface area contributed by atoms with E-state index >= 15 is 0 Å². The molecule has 1 aliphatic rings. The van der Waals surface area contributed by atoms with Gasteiger partial charge in [-0.3, -0.25) is 0 Å². The molecule has 5 heteroatoms. The maximum absolute atomic E-state index is 5.55. The number of hydrogen-bond acceptors (Lipinski definition) is 4. The maximum Gasteiger partial charge on any atom is 0.243 e. The van der Waals surface area contributed by atoms with E-state index in [1.54, 1.807) is 4.52 Å². The van der Waals surface area contributed by atoms with Crippen LogP contribution in [0.4, 0.5) is 5.95 Å². The Morgan fingerprint density at radius 3 is 3.22 bits per heavy atom. The van der Waals surface area contributed by atoms with Crippen LogP contribution in [0, 0.1) is 12.8 Å². The van der Waals surface area contributed by atoms with Crippen molar-refractivity contribution < 1.29 is 4.74 Å². The summed E-state index contributed by atoms with van der Waals surface area (Å²) in [6.07, 6.45) is 4.59. The molecule has 0 radical (unpaired) electrons. The average molecular weight is 246 g/mol. The van der Waals surface area contributed by atoms with Crippen molar-refractivity contribution in [2.24, 2.45) is 5.92 Å².